The molecule has 0 unspecified atom stereocenters. The monoisotopic (exact) mass is 328 g/mol. The van der Waals surface area contributed by atoms with Gasteiger partial charge in [0.25, 0.3) is 0 Å². The molecule has 0 spiro atoms. The van der Waals surface area contributed by atoms with E-state index in [1.165, 1.54) is 0 Å². The molecular weight excluding hydrogens is 308 g/mol. The summed E-state index contributed by atoms with van der Waals surface area (Å²) in [6.07, 6.45) is 1.64. The molecule has 0 saturated carbocycles. The van der Waals surface area contributed by atoms with Crippen LogP contribution in [0.4, 0.5) is 0 Å². The van der Waals surface area contributed by atoms with Gasteiger partial charge in [-0.2, -0.15) is 0 Å². The summed E-state index contributed by atoms with van der Waals surface area (Å²) >= 11 is 0. The van der Waals surface area contributed by atoms with Crippen molar-refractivity contribution < 1.29 is 14.0 Å². The molecule has 1 aliphatic heterocycles. The molecule has 7 nitrogen and oxygen atoms in total. The van der Waals surface area contributed by atoms with Gasteiger partial charge in [0.15, 0.2) is 0 Å². The van der Waals surface area contributed by atoms with Gasteiger partial charge >= 0.3 is 0 Å². The first-order valence-corrected chi connectivity index (χ1v) is 8.04. The van der Waals surface area contributed by atoms with Crippen LogP contribution in [-0.4, -0.2) is 47.0 Å². The van der Waals surface area contributed by atoms with Crippen molar-refractivity contribution in [1.82, 2.24) is 20.4 Å². The summed E-state index contributed by atoms with van der Waals surface area (Å²) in [4.78, 5) is 25.1. The molecule has 3 rings (SSSR count). The Morgan fingerprint density at radius 1 is 1.25 bits per heavy atom. The van der Waals surface area contributed by atoms with Crippen molar-refractivity contribution >= 4 is 11.8 Å². The highest BCUT2D eigenvalue weighted by molar-refractivity contribution is 5.84. The third-order valence-corrected chi connectivity index (χ3v) is 4.12. The molecule has 2 heterocycles. The highest BCUT2D eigenvalue weighted by Crippen LogP contribution is 2.19. The Hall–Kier alpha value is -2.70. The number of hydrogen-bond donors (Lipinski definition) is 1. The lowest BCUT2D eigenvalue weighted by atomic mass is 9.98. The number of carbonyl (C=O) groups is 2. The molecule has 0 radical (unpaired) electrons. The average molecular weight is 328 g/mol. The predicted octanol–water partition coefficient (Wildman–Crippen LogP) is 1.26. The third kappa shape index (κ3) is 3.61. The molecule has 2 amide bonds. The van der Waals surface area contributed by atoms with E-state index in [4.69, 9.17) is 4.42 Å². The van der Waals surface area contributed by atoms with Gasteiger partial charge in [-0.05, 0) is 18.6 Å². The summed E-state index contributed by atoms with van der Waals surface area (Å²) in [5.41, 5.74) is 0.883. The first-order valence-electron chi connectivity index (χ1n) is 8.04. The molecule has 0 aliphatic carbocycles. The first kappa shape index (κ1) is 16.2. The van der Waals surface area contributed by atoms with Crippen molar-refractivity contribution in [2.75, 3.05) is 20.1 Å². The molecule has 0 atom stereocenters. The second kappa shape index (κ2) is 7.25. The minimum Gasteiger partial charge on any atom is -0.421 e. The molecule has 24 heavy (non-hydrogen) atoms. The minimum absolute atomic E-state index is 0.00153. The van der Waals surface area contributed by atoms with Crippen molar-refractivity contribution in [3.05, 3.63) is 36.2 Å². The summed E-state index contributed by atoms with van der Waals surface area (Å²) in [7, 11) is 1.61. The quantitative estimate of drug-likeness (QED) is 0.862. The van der Waals surface area contributed by atoms with Gasteiger partial charge in [0, 0.05) is 38.5 Å². The van der Waals surface area contributed by atoms with Gasteiger partial charge in [0.1, 0.15) is 0 Å². The molecular formula is C17H20N4O3. The number of aromatic nitrogens is 2. The van der Waals surface area contributed by atoms with Crippen molar-refractivity contribution in [2.45, 2.75) is 19.3 Å². The van der Waals surface area contributed by atoms with E-state index in [0.717, 1.165) is 5.56 Å². The van der Waals surface area contributed by atoms with Crippen LogP contribution < -0.4 is 5.32 Å². The van der Waals surface area contributed by atoms with Gasteiger partial charge in [-0.25, -0.2) is 0 Å². The number of rotatable bonds is 6. The number of carbonyl (C=O) groups excluding carboxylic acids is 2. The van der Waals surface area contributed by atoms with Crippen LogP contribution in [0.1, 0.15) is 18.7 Å². The summed E-state index contributed by atoms with van der Waals surface area (Å²) in [6, 6.07) is 9.58. The Labute approximate surface area is 140 Å². The molecule has 1 N–H and O–H groups in total. The van der Waals surface area contributed by atoms with Crippen LogP contribution in [0, 0.1) is 5.92 Å². The number of nitrogens with one attached hydrogen (secondary N) is 1. The Bertz CT molecular complexity index is 708. The summed E-state index contributed by atoms with van der Waals surface area (Å²) in [6.45, 7) is 1.02. The maximum absolute atomic E-state index is 12.0. The number of hydrogen-bond acceptors (Lipinski definition) is 5. The van der Waals surface area contributed by atoms with Gasteiger partial charge in [-0.1, -0.05) is 18.2 Å². The fourth-order valence-electron chi connectivity index (χ4n) is 2.65. The lowest BCUT2D eigenvalue weighted by molar-refractivity contribution is -0.142. The average Bonchev–Trinajstić information content (AvgIpc) is 3.03. The lowest BCUT2D eigenvalue weighted by Crippen LogP contribution is -2.55. The van der Waals surface area contributed by atoms with Crippen LogP contribution in [-0.2, 0) is 16.0 Å². The fourth-order valence-corrected chi connectivity index (χ4v) is 2.65. The van der Waals surface area contributed by atoms with Gasteiger partial charge in [0.2, 0.25) is 23.6 Å². The molecule has 1 aromatic heterocycles. The van der Waals surface area contributed by atoms with E-state index in [2.05, 4.69) is 15.5 Å². The fraction of sp³-hybridized carbons (Fsp3) is 0.412. The van der Waals surface area contributed by atoms with E-state index in [-0.39, 0.29) is 17.7 Å². The zero-order valence-corrected chi connectivity index (χ0v) is 13.6. The van der Waals surface area contributed by atoms with E-state index >= 15 is 0 Å². The van der Waals surface area contributed by atoms with Crippen LogP contribution in [0.5, 0.6) is 0 Å². The van der Waals surface area contributed by atoms with Gasteiger partial charge in [-0.15, -0.1) is 10.2 Å². The van der Waals surface area contributed by atoms with Crippen molar-refractivity contribution in [3.63, 3.8) is 0 Å². The van der Waals surface area contributed by atoms with Crippen LogP contribution in [0.2, 0.25) is 0 Å². The Morgan fingerprint density at radius 3 is 2.71 bits per heavy atom. The maximum atomic E-state index is 12.0. The number of benzene rings is 1. The smallest absolute Gasteiger partial charge is 0.247 e. The minimum atomic E-state index is -0.0664. The molecule has 1 saturated heterocycles. The molecule has 126 valence electrons. The summed E-state index contributed by atoms with van der Waals surface area (Å²) in [5.74, 6) is 1.03. The Balaban J connectivity index is 1.42. The maximum Gasteiger partial charge on any atom is 0.247 e. The van der Waals surface area contributed by atoms with E-state index in [1.807, 2.05) is 30.3 Å². The zero-order chi connectivity index (χ0) is 16.9. The first-order chi connectivity index (χ1) is 11.7. The zero-order valence-electron chi connectivity index (χ0n) is 13.6. The summed E-state index contributed by atoms with van der Waals surface area (Å²) < 4.78 is 5.62. The normalized spacial score (nSPS) is 14.3. The molecule has 1 aromatic carbocycles. The second-order valence-electron chi connectivity index (χ2n) is 5.83. The molecule has 1 fully saturated rings. The van der Waals surface area contributed by atoms with Crippen LogP contribution in [0.15, 0.2) is 34.7 Å². The van der Waals surface area contributed by atoms with Crippen LogP contribution >= 0.6 is 0 Å². The number of nitrogens with zero attached hydrogens (tertiary/aromatic N) is 3. The molecule has 2 aromatic rings. The SMILES string of the molecule is CNC(=O)C1CN(C(=O)CCCc2nnc(-c3ccccc3)o2)C1. The summed E-state index contributed by atoms with van der Waals surface area (Å²) in [5, 5.41) is 10.7. The van der Waals surface area contributed by atoms with Crippen molar-refractivity contribution in [3.8, 4) is 11.5 Å². The molecule has 0 bridgehead atoms. The van der Waals surface area contributed by atoms with Crippen LogP contribution in [0.25, 0.3) is 11.5 Å². The van der Waals surface area contributed by atoms with Crippen molar-refractivity contribution in [2.24, 2.45) is 5.92 Å². The predicted molar refractivity (Wildman–Crippen MR) is 86.8 cm³/mol. The molecule has 7 heteroatoms. The van der Waals surface area contributed by atoms with Gasteiger partial charge < -0.3 is 14.6 Å². The number of amides is 2. The Morgan fingerprint density at radius 2 is 2.00 bits per heavy atom. The number of likely N-dealkylation sites (tertiary alicyclic amines) is 1. The third-order valence-electron chi connectivity index (χ3n) is 4.12. The Kier molecular flexibility index (Phi) is 4.88. The molecule has 1 aliphatic rings. The highest BCUT2D eigenvalue weighted by atomic mass is 16.4. The van der Waals surface area contributed by atoms with Crippen LogP contribution in [0.3, 0.4) is 0 Å². The second-order valence-corrected chi connectivity index (χ2v) is 5.83. The van der Waals surface area contributed by atoms with Crippen molar-refractivity contribution in [1.29, 1.82) is 0 Å². The number of aryl methyl sites for hydroxylation is 1. The van der Waals surface area contributed by atoms with E-state index < -0.39 is 0 Å². The van der Waals surface area contributed by atoms with E-state index in [9.17, 15) is 9.59 Å². The van der Waals surface area contributed by atoms with Gasteiger partial charge in [0.05, 0.1) is 5.92 Å². The topological polar surface area (TPSA) is 88.3 Å². The highest BCUT2D eigenvalue weighted by Gasteiger charge is 2.34. The largest absolute Gasteiger partial charge is 0.421 e. The standard InChI is InChI=1S/C17H20N4O3/c1-18-16(23)13-10-21(11-13)15(22)9-5-8-14-19-20-17(24-14)12-6-3-2-4-7-12/h2-4,6-7,13H,5,8-11H2,1H3,(H,18,23). The lowest BCUT2D eigenvalue weighted by Gasteiger charge is -2.38. The van der Waals surface area contributed by atoms with E-state index in [1.54, 1.807) is 11.9 Å². The van der Waals surface area contributed by atoms with E-state index in [0.29, 0.717) is 44.1 Å². The van der Waals surface area contributed by atoms with Gasteiger partial charge in [-0.3, -0.25) is 9.59 Å².